The molecule has 4 rings (SSSR count). The van der Waals surface area contributed by atoms with E-state index in [1.165, 1.54) is 18.1 Å². The smallest absolute Gasteiger partial charge is 0.270 e. The number of carbonyl (C=O) groups is 2. The Morgan fingerprint density at radius 2 is 1.76 bits per heavy atom. The fraction of sp³-hybridized carbons (Fsp3) is 0.115. The Bertz CT molecular complexity index is 1290. The van der Waals surface area contributed by atoms with Crippen LogP contribution in [0.15, 0.2) is 76.8 Å². The van der Waals surface area contributed by atoms with Gasteiger partial charge in [0.15, 0.2) is 16.6 Å². The van der Waals surface area contributed by atoms with E-state index in [-0.39, 0.29) is 10.7 Å². The molecular weight excluding hydrogens is 516 g/mol. The SMILES string of the molecule is COc1cc(/C=C2\C(=O)NC(=S)N(c3ccc(C)cc3)C2=O)cc(Br)c1OCc1ccccc1. The number of anilines is 1. The first-order valence-corrected chi connectivity index (χ1v) is 11.6. The van der Waals surface area contributed by atoms with E-state index in [0.717, 1.165) is 11.1 Å². The van der Waals surface area contributed by atoms with Crippen LogP contribution in [0, 0.1) is 6.92 Å². The first-order valence-electron chi connectivity index (χ1n) is 10.4. The van der Waals surface area contributed by atoms with E-state index >= 15 is 0 Å². The van der Waals surface area contributed by atoms with Gasteiger partial charge in [0.05, 0.1) is 17.3 Å². The Morgan fingerprint density at radius 3 is 2.44 bits per heavy atom. The summed E-state index contributed by atoms with van der Waals surface area (Å²) in [5, 5.41) is 2.64. The number of nitrogens with one attached hydrogen (secondary N) is 1. The largest absolute Gasteiger partial charge is 0.493 e. The number of nitrogens with zero attached hydrogens (tertiary/aromatic N) is 1. The maximum Gasteiger partial charge on any atom is 0.270 e. The van der Waals surface area contributed by atoms with Gasteiger partial charge in [0.1, 0.15) is 12.2 Å². The Kier molecular flexibility index (Phi) is 7.09. The minimum Gasteiger partial charge on any atom is -0.493 e. The van der Waals surface area contributed by atoms with Crippen molar-refractivity contribution in [2.24, 2.45) is 0 Å². The molecule has 0 saturated carbocycles. The van der Waals surface area contributed by atoms with Crippen molar-refractivity contribution in [3.8, 4) is 11.5 Å². The molecule has 34 heavy (non-hydrogen) atoms. The second-order valence-electron chi connectivity index (χ2n) is 7.60. The zero-order chi connectivity index (χ0) is 24.2. The molecule has 0 bridgehead atoms. The number of benzene rings is 3. The molecule has 3 aromatic rings. The summed E-state index contributed by atoms with van der Waals surface area (Å²) in [7, 11) is 1.53. The van der Waals surface area contributed by atoms with Gasteiger partial charge in [-0.2, -0.15) is 0 Å². The van der Waals surface area contributed by atoms with E-state index in [4.69, 9.17) is 21.7 Å². The molecule has 0 radical (unpaired) electrons. The van der Waals surface area contributed by atoms with Crippen LogP contribution >= 0.6 is 28.1 Å². The quantitative estimate of drug-likeness (QED) is 0.267. The Hall–Kier alpha value is -3.49. The zero-order valence-corrected chi connectivity index (χ0v) is 20.9. The van der Waals surface area contributed by atoms with Crippen molar-refractivity contribution in [1.29, 1.82) is 0 Å². The molecule has 2 amide bonds. The maximum atomic E-state index is 13.2. The molecule has 1 fully saturated rings. The Balaban J connectivity index is 1.64. The van der Waals surface area contributed by atoms with E-state index in [9.17, 15) is 9.59 Å². The molecular formula is C26H21BrN2O4S. The molecule has 0 spiro atoms. The number of halogens is 1. The van der Waals surface area contributed by atoms with Crippen LogP contribution in [0.4, 0.5) is 5.69 Å². The molecule has 0 atom stereocenters. The van der Waals surface area contributed by atoms with Crippen LogP contribution in [0.5, 0.6) is 11.5 Å². The summed E-state index contributed by atoms with van der Waals surface area (Å²) in [5.74, 6) is -0.0722. The molecule has 6 nitrogen and oxygen atoms in total. The molecule has 3 aromatic carbocycles. The van der Waals surface area contributed by atoms with Crippen LogP contribution in [0.2, 0.25) is 0 Å². The van der Waals surface area contributed by atoms with Crippen LogP contribution < -0.4 is 19.7 Å². The summed E-state index contributed by atoms with van der Waals surface area (Å²) < 4.78 is 12.1. The standard InChI is InChI=1S/C26H21BrN2O4S/c1-16-8-10-19(11-9-16)29-25(31)20(24(30)28-26(29)34)12-18-13-21(27)23(22(14-18)32-2)33-15-17-6-4-3-5-7-17/h3-14H,15H2,1-2H3,(H,28,30,34)/b20-12+. The highest BCUT2D eigenvalue weighted by atomic mass is 79.9. The van der Waals surface area contributed by atoms with Gasteiger partial charge in [-0.15, -0.1) is 0 Å². The minimum atomic E-state index is -0.558. The highest BCUT2D eigenvalue weighted by Crippen LogP contribution is 2.38. The van der Waals surface area contributed by atoms with Gasteiger partial charge >= 0.3 is 0 Å². The highest BCUT2D eigenvalue weighted by Gasteiger charge is 2.34. The molecule has 1 aliphatic heterocycles. The van der Waals surface area contributed by atoms with E-state index in [0.29, 0.717) is 33.8 Å². The topological polar surface area (TPSA) is 67.9 Å². The second-order valence-corrected chi connectivity index (χ2v) is 8.84. The van der Waals surface area contributed by atoms with Gasteiger partial charge in [0.25, 0.3) is 11.8 Å². The molecule has 172 valence electrons. The number of hydrogen-bond donors (Lipinski definition) is 1. The predicted octanol–water partition coefficient (Wildman–Crippen LogP) is 5.18. The van der Waals surface area contributed by atoms with E-state index in [2.05, 4.69) is 21.2 Å². The second kappa shape index (κ2) is 10.2. The van der Waals surface area contributed by atoms with Crippen LogP contribution in [-0.4, -0.2) is 24.0 Å². The summed E-state index contributed by atoms with van der Waals surface area (Å²) in [6.07, 6.45) is 1.51. The highest BCUT2D eigenvalue weighted by molar-refractivity contribution is 9.10. The van der Waals surface area contributed by atoms with Crippen molar-refractivity contribution in [2.75, 3.05) is 12.0 Å². The summed E-state index contributed by atoms with van der Waals surface area (Å²) in [6, 6.07) is 20.6. The lowest BCUT2D eigenvalue weighted by Gasteiger charge is -2.29. The number of aryl methyl sites for hydroxylation is 1. The van der Waals surface area contributed by atoms with Gasteiger partial charge < -0.3 is 9.47 Å². The number of carbonyl (C=O) groups excluding carboxylic acids is 2. The monoisotopic (exact) mass is 536 g/mol. The summed E-state index contributed by atoms with van der Waals surface area (Å²) in [6.45, 7) is 2.31. The molecule has 1 heterocycles. The predicted molar refractivity (Wildman–Crippen MR) is 139 cm³/mol. The number of ether oxygens (including phenoxy) is 2. The van der Waals surface area contributed by atoms with Gasteiger partial charge in [-0.3, -0.25) is 19.8 Å². The molecule has 0 unspecified atom stereocenters. The first-order chi connectivity index (χ1) is 16.4. The minimum absolute atomic E-state index is 0.0407. The number of rotatable bonds is 6. The van der Waals surface area contributed by atoms with Gasteiger partial charge in [0.2, 0.25) is 0 Å². The van der Waals surface area contributed by atoms with Crippen molar-refractivity contribution in [2.45, 2.75) is 13.5 Å². The van der Waals surface area contributed by atoms with Gasteiger partial charge in [-0.05, 0) is 76.5 Å². The van der Waals surface area contributed by atoms with E-state index < -0.39 is 11.8 Å². The summed E-state index contributed by atoms with van der Waals surface area (Å²) in [4.78, 5) is 27.2. The fourth-order valence-electron chi connectivity index (χ4n) is 3.45. The third-order valence-electron chi connectivity index (χ3n) is 5.18. The normalized spacial score (nSPS) is 14.9. The summed E-state index contributed by atoms with van der Waals surface area (Å²) >= 11 is 8.78. The van der Waals surface area contributed by atoms with Gasteiger partial charge in [-0.25, -0.2) is 0 Å². The number of hydrogen-bond acceptors (Lipinski definition) is 5. The van der Waals surface area contributed by atoms with E-state index in [1.54, 1.807) is 24.3 Å². The van der Waals surface area contributed by atoms with Crippen LogP contribution in [0.1, 0.15) is 16.7 Å². The zero-order valence-electron chi connectivity index (χ0n) is 18.5. The lowest BCUT2D eigenvalue weighted by molar-refractivity contribution is -0.122. The number of thiocarbonyl (C=S) groups is 1. The van der Waals surface area contributed by atoms with Crippen LogP contribution in [0.25, 0.3) is 6.08 Å². The number of methoxy groups -OCH3 is 1. The third-order valence-corrected chi connectivity index (χ3v) is 6.06. The van der Waals surface area contributed by atoms with Crippen LogP contribution in [-0.2, 0) is 16.2 Å². The first kappa shape index (κ1) is 23.7. The van der Waals surface area contributed by atoms with Crippen molar-refractivity contribution in [3.63, 3.8) is 0 Å². The fourth-order valence-corrected chi connectivity index (χ4v) is 4.30. The summed E-state index contributed by atoms with van der Waals surface area (Å²) in [5.41, 5.74) is 3.19. The van der Waals surface area contributed by atoms with Crippen molar-refractivity contribution >= 4 is 56.8 Å². The molecule has 1 aliphatic rings. The van der Waals surface area contributed by atoms with Crippen molar-refractivity contribution in [3.05, 3.63) is 93.5 Å². The Labute approximate surface area is 211 Å². The molecule has 8 heteroatoms. The molecule has 0 aliphatic carbocycles. The lowest BCUT2D eigenvalue weighted by Crippen LogP contribution is -2.54. The van der Waals surface area contributed by atoms with E-state index in [1.807, 2.05) is 49.4 Å². The number of amides is 2. The molecule has 1 N–H and O–H groups in total. The lowest BCUT2D eigenvalue weighted by atomic mass is 10.1. The van der Waals surface area contributed by atoms with Crippen molar-refractivity contribution < 1.29 is 19.1 Å². The molecule has 0 aromatic heterocycles. The average Bonchev–Trinajstić information content (AvgIpc) is 2.82. The Morgan fingerprint density at radius 1 is 1.06 bits per heavy atom. The van der Waals surface area contributed by atoms with Gasteiger partial charge in [-0.1, -0.05) is 48.0 Å². The molecule has 1 saturated heterocycles. The van der Waals surface area contributed by atoms with Crippen LogP contribution in [0.3, 0.4) is 0 Å². The third kappa shape index (κ3) is 5.03. The maximum absolute atomic E-state index is 13.2. The van der Waals surface area contributed by atoms with Crippen molar-refractivity contribution in [1.82, 2.24) is 5.32 Å². The van der Waals surface area contributed by atoms with Gasteiger partial charge in [0, 0.05) is 0 Å². The average molecular weight is 537 g/mol.